The van der Waals surface area contributed by atoms with Gasteiger partial charge in [0.15, 0.2) is 0 Å². The van der Waals surface area contributed by atoms with Crippen molar-refractivity contribution in [1.82, 2.24) is 19.8 Å². The normalized spacial score (nSPS) is 23.6. The van der Waals surface area contributed by atoms with Gasteiger partial charge in [-0.15, -0.1) is 0 Å². The summed E-state index contributed by atoms with van der Waals surface area (Å²) in [6, 6.07) is 8.13. The van der Waals surface area contributed by atoms with E-state index in [4.69, 9.17) is 11.6 Å². The Kier molecular flexibility index (Phi) is 6.98. The van der Waals surface area contributed by atoms with E-state index in [2.05, 4.69) is 30.7 Å². The molecule has 0 radical (unpaired) electrons. The molecule has 4 rings (SSSR count). The van der Waals surface area contributed by atoms with Crippen LogP contribution in [0.15, 0.2) is 42.9 Å². The third-order valence-corrected chi connectivity index (χ3v) is 6.30. The number of aliphatic hydroxyl groups is 1. The molecule has 2 atom stereocenters. The van der Waals surface area contributed by atoms with Crippen LogP contribution in [0.25, 0.3) is 0 Å². The summed E-state index contributed by atoms with van der Waals surface area (Å²) in [5.74, 6) is 0.257. The number of nitrogens with zero attached hydrogens (tertiary/aromatic N) is 5. The maximum atomic E-state index is 10.4. The van der Waals surface area contributed by atoms with Crippen LogP contribution < -0.4 is 4.90 Å². The van der Waals surface area contributed by atoms with Gasteiger partial charge in [0, 0.05) is 74.5 Å². The minimum absolute atomic E-state index is 0.257. The van der Waals surface area contributed by atoms with E-state index in [-0.39, 0.29) is 12.0 Å². The fourth-order valence-corrected chi connectivity index (χ4v) is 4.63. The van der Waals surface area contributed by atoms with E-state index < -0.39 is 0 Å². The molecule has 156 valence electrons. The molecule has 0 unspecified atom stereocenters. The third-order valence-electron chi connectivity index (χ3n) is 6.06. The van der Waals surface area contributed by atoms with Gasteiger partial charge in [0.1, 0.15) is 0 Å². The van der Waals surface area contributed by atoms with Crippen molar-refractivity contribution in [2.24, 2.45) is 5.92 Å². The summed E-state index contributed by atoms with van der Waals surface area (Å²) in [6.07, 6.45) is 6.89. The molecule has 1 N–H and O–H groups in total. The summed E-state index contributed by atoms with van der Waals surface area (Å²) in [5, 5.41) is 11.2. The van der Waals surface area contributed by atoms with E-state index in [9.17, 15) is 5.11 Å². The van der Waals surface area contributed by atoms with Crippen LogP contribution in [0.5, 0.6) is 0 Å². The molecule has 0 bridgehead atoms. The number of aliphatic hydroxyl groups excluding tert-OH is 1. The van der Waals surface area contributed by atoms with Crippen LogP contribution in [0.1, 0.15) is 12.1 Å². The van der Waals surface area contributed by atoms with E-state index in [0.717, 1.165) is 75.9 Å². The van der Waals surface area contributed by atoms with Crippen molar-refractivity contribution >= 4 is 17.3 Å². The predicted molar refractivity (Wildman–Crippen MR) is 116 cm³/mol. The zero-order valence-electron chi connectivity index (χ0n) is 16.8. The van der Waals surface area contributed by atoms with Gasteiger partial charge in [-0.1, -0.05) is 17.7 Å². The second-order valence-corrected chi connectivity index (χ2v) is 8.59. The fraction of sp³-hybridized carbons (Fsp3) is 0.545. The second-order valence-electron chi connectivity index (χ2n) is 8.15. The van der Waals surface area contributed by atoms with Crippen molar-refractivity contribution in [2.75, 3.05) is 57.3 Å². The van der Waals surface area contributed by atoms with Gasteiger partial charge in [-0.3, -0.25) is 14.9 Å². The second kappa shape index (κ2) is 9.85. The lowest BCUT2D eigenvalue weighted by molar-refractivity contribution is 0.140. The minimum atomic E-state index is -0.266. The lowest BCUT2D eigenvalue weighted by atomic mass is 10.0. The molecule has 1 aromatic carbocycles. The topological polar surface area (TPSA) is 55.7 Å². The van der Waals surface area contributed by atoms with Crippen LogP contribution in [-0.2, 0) is 6.42 Å². The Morgan fingerprint density at radius 2 is 1.86 bits per heavy atom. The number of aromatic nitrogens is 2. The molecule has 0 spiro atoms. The van der Waals surface area contributed by atoms with Crippen LogP contribution in [0.3, 0.4) is 0 Å². The van der Waals surface area contributed by atoms with Gasteiger partial charge in [0.2, 0.25) is 0 Å². The fourth-order valence-electron chi connectivity index (χ4n) is 4.45. The Labute approximate surface area is 178 Å². The van der Waals surface area contributed by atoms with Crippen molar-refractivity contribution in [3.63, 3.8) is 0 Å². The number of halogens is 1. The standard InChI is InChI=1S/C22H30ClN5O/c23-19-3-1-4-21(14-19)28-11-9-26(10-12-28)7-2-8-27-16-18(22(29)17-27)13-20-15-24-5-6-25-20/h1,3-6,14-15,18,22,29H,2,7-13,16-17H2/t18-,22-/m1/s1. The Balaban J connectivity index is 1.16. The zero-order valence-corrected chi connectivity index (χ0v) is 17.6. The van der Waals surface area contributed by atoms with Crippen LogP contribution >= 0.6 is 11.6 Å². The molecule has 7 heteroatoms. The third kappa shape index (κ3) is 5.66. The van der Waals surface area contributed by atoms with Crippen LogP contribution in [0, 0.1) is 5.92 Å². The first-order valence-electron chi connectivity index (χ1n) is 10.6. The van der Waals surface area contributed by atoms with Crippen LogP contribution in [0.4, 0.5) is 5.69 Å². The number of rotatable bonds is 7. The largest absolute Gasteiger partial charge is 0.391 e. The Morgan fingerprint density at radius 3 is 2.62 bits per heavy atom. The van der Waals surface area contributed by atoms with Gasteiger partial charge in [-0.2, -0.15) is 0 Å². The van der Waals surface area contributed by atoms with Crippen LogP contribution in [0.2, 0.25) is 5.02 Å². The van der Waals surface area contributed by atoms with E-state index >= 15 is 0 Å². The van der Waals surface area contributed by atoms with Gasteiger partial charge in [-0.05, 0) is 44.1 Å². The quantitative estimate of drug-likeness (QED) is 0.748. The Hall–Kier alpha value is -1.73. The molecule has 0 amide bonds. The minimum Gasteiger partial charge on any atom is -0.391 e. The van der Waals surface area contributed by atoms with E-state index in [0.29, 0.717) is 0 Å². The summed E-state index contributed by atoms with van der Waals surface area (Å²) in [7, 11) is 0. The first-order valence-corrected chi connectivity index (χ1v) is 10.9. The molecule has 29 heavy (non-hydrogen) atoms. The van der Waals surface area contributed by atoms with Crippen molar-refractivity contribution in [2.45, 2.75) is 18.9 Å². The van der Waals surface area contributed by atoms with Gasteiger partial charge < -0.3 is 14.9 Å². The number of anilines is 1. The molecular formula is C22H30ClN5O. The molecule has 3 heterocycles. The summed E-state index contributed by atoms with van der Waals surface area (Å²) in [6.45, 7) is 8.14. The lowest BCUT2D eigenvalue weighted by Crippen LogP contribution is -2.47. The van der Waals surface area contributed by atoms with Crippen molar-refractivity contribution in [1.29, 1.82) is 0 Å². The first kappa shape index (κ1) is 20.5. The highest BCUT2D eigenvalue weighted by atomic mass is 35.5. The zero-order chi connectivity index (χ0) is 20.1. The maximum absolute atomic E-state index is 10.4. The van der Waals surface area contributed by atoms with Crippen molar-refractivity contribution < 1.29 is 5.11 Å². The number of benzene rings is 1. The molecule has 0 saturated carbocycles. The molecule has 1 aromatic heterocycles. The molecular weight excluding hydrogens is 386 g/mol. The summed E-state index contributed by atoms with van der Waals surface area (Å²) in [4.78, 5) is 15.8. The molecule has 6 nitrogen and oxygen atoms in total. The molecule has 2 aromatic rings. The summed E-state index contributed by atoms with van der Waals surface area (Å²) < 4.78 is 0. The van der Waals surface area contributed by atoms with Crippen molar-refractivity contribution in [3.8, 4) is 0 Å². The first-order chi connectivity index (χ1) is 14.2. The van der Waals surface area contributed by atoms with Gasteiger partial charge >= 0.3 is 0 Å². The van der Waals surface area contributed by atoms with Gasteiger partial charge in [-0.25, -0.2) is 0 Å². The smallest absolute Gasteiger partial charge is 0.0711 e. The molecule has 2 saturated heterocycles. The van der Waals surface area contributed by atoms with Crippen molar-refractivity contribution in [3.05, 3.63) is 53.6 Å². The molecule has 0 aliphatic carbocycles. The Bertz CT molecular complexity index is 769. The SMILES string of the molecule is O[C@@H]1CN(CCCN2CCN(c3cccc(Cl)c3)CC2)C[C@H]1Cc1cnccn1. The molecule has 2 fully saturated rings. The average molecular weight is 416 g/mol. The van der Waals surface area contributed by atoms with Gasteiger partial charge in [0.05, 0.1) is 11.8 Å². The highest BCUT2D eigenvalue weighted by molar-refractivity contribution is 6.30. The lowest BCUT2D eigenvalue weighted by Gasteiger charge is -2.36. The van der Waals surface area contributed by atoms with E-state index in [1.165, 1.54) is 5.69 Å². The monoisotopic (exact) mass is 415 g/mol. The highest BCUT2D eigenvalue weighted by Crippen LogP contribution is 2.22. The molecule has 2 aliphatic heterocycles. The van der Waals surface area contributed by atoms with Gasteiger partial charge in [0.25, 0.3) is 0 Å². The number of hydrogen-bond donors (Lipinski definition) is 1. The van der Waals surface area contributed by atoms with E-state index in [1.54, 1.807) is 18.6 Å². The maximum Gasteiger partial charge on any atom is 0.0711 e. The number of piperazine rings is 1. The highest BCUT2D eigenvalue weighted by Gasteiger charge is 2.31. The van der Waals surface area contributed by atoms with Crippen LogP contribution in [-0.4, -0.2) is 83.3 Å². The predicted octanol–water partition coefficient (Wildman–Crippen LogP) is 2.18. The number of hydrogen-bond acceptors (Lipinski definition) is 6. The number of likely N-dealkylation sites (tertiary alicyclic amines) is 1. The Morgan fingerprint density at radius 1 is 1.03 bits per heavy atom. The molecule has 2 aliphatic rings. The van der Waals surface area contributed by atoms with E-state index in [1.807, 2.05) is 18.2 Å². The average Bonchev–Trinajstić information content (AvgIpc) is 3.08. The summed E-state index contributed by atoms with van der Waals surface area (Å²) in [5.41, 5.74) is 2.19. The summed E-state index contributed by atoms with van der Waals surface area (Å²) >= 11 is 6.12. The number of β-amino-alcohol motifs (C(OH)–C–C–N with tert-alkyl or cyclic N) is 1.